The summed E-state index contributed by atoms with van der Waals surface area (Å²) in [5.74, 6) is 1.38. The zero-order valence-corrected chi connectivity index (χ0v) is 13.8. The van der Waals surface area contributed by atoms with E-state index in [4.69, 9.17) is 4.74 Å². The molecule has 1 atom stereocenters. The van der Waals surface area contributed by atoms with E-state index in [2.05, 4.69) is 27.9 Å². The van der Waals surface area contributed by atoms with Gasteiger partial charge in [0.15, 0.2) is 0 Å². The molecule has 5 heteroatoms. The smallest absolute Gasteiger partial charge is 0.253 e. The summed E-state index contributed by atoms with van der Waals surface area (Å²) in [6.45, 7) is 3.01. The minimum absolute atomic E-state index is 0.0582. The maximum Gasteiger partial charge on any atom is 0.253 e. The Morgan fingerprint density at radius 1 is 1.55 bits per heavy atom. The van der Waals surface area contributed by atoms with E-state index in [1.165, 1.54) is 6.42 Å². The van der Waals surface area contributed by atoms with Crippen molar-refractivity contribution in [3.8, 4) is 5.75 Å². The molecule has 1 unspecified atom stereocenters. The monoisotopic (exact) mass is 340 g/mol. The molecular formula is C15H21BrN2O2. The highest BCUT2D eigenvalue weighted by molar-refractivity contribution is 9.10. The largest absolute Gasteiger partial charge is 0.496 e. The minimum atomic E-state index is 0.0582. The van der Waals surface area contributed by atoms with Crippen LogP contribution in [0.1, 0.15) is 16.8 Å². The molecule has 0 aliphatic carbocycles. The average Bonchev–Trinajstić information content (AvgIpc) is 2.83. The second-order valence-electron chi connectivity index (χ2n) is 5.45. The Balaban J connectivity index is 2.01. The van der Waals surface area contributed by atoms with Crippen molar-refractivity contribution in [1.29, 1.82) is 0 Å². The Labute approximate surface area is 128 Å². The molecule has 1 fully saturated rings. The van der Waals surface area contributed by atoms with Crippen LogP contribution in [0, 0.1) is 5.92 Å². The predicted molar refractivity (Wildman–Crippen MR) is 83.3 cm³/mol. The summed E-state index contributed by atoms with van der Waals surface area (Å²) in [6, 6.07) is 5.44. The Bertz CT molecular complexity index is 493. The molecule has 1 aromatic carbocycles. The normalized spacial score (nSPS) is 19.1. The van der Waals surface area contributed by atoms with E-state index in [1.54, 1.807) is 7.11 Å². The number of benzene rings is 1. The number of ether oxygens (including phenoxy) is 1. The molecule has 4 nitrogen and oxygen atoms in total. The lowest BCUT2D eigenvalue weighted by atomic mass is 10.1. The van der Waals surface area contributed by atoms with E-state index in [9.17, 15) is 4.79 Å². The van der Waals surface area contributed by atoms with Gasteiger partial charge in [0.25, 0.3) is 5.91 Å². The van der Waals surface area contributed by atoms with Crippen LogP contribution in [0.4, 0.5) is 0 Å². The van der Waals surface area contributed by atoms with Gasteiger partial charge in [-0.05, 0) is 60.1 Å². The highest BCUT2D eigenvalue weighted by Gasteiger charge is 2.23. The van der Waals surface area contributed by atoms with Gasteiger partial charge in [-0.25, -0.2) is 0 Å². The number of hydrogen-bond donors (Lipinski definition) is 0. The number of rotatable bonds is 4. The van der Waals surface area contributed by atoms with E-state index < -0.39 is 0 Å². The van der Waals surface area contributed by atoms with Crippen molar-refractivity contribution in [2.45, 2.75) is 6.42 Å². The van der Waals surface area contributed by atoms with Gasteiger partial charge in [0, 0.05) is 25.7 Å². The molecule has 2 rings (SSSR count). The van der Waals surface area contributed by atoms with Gasteiger partial charge >= 0.3 is 0 Å². The van der Waals surface area contributed by atoms with Crippen LogP contribution in [0.5, 0.6) is 5.75 Å². The molecule has 1 aliphatic rings. The van der Waals surface area contributed by atoms with Crippen molar-refractivity contribution in [3.63, 3.8) is 0 Å². The molecule has 1 aliphatic heterocycles. The molecule has 1 amide bonds. The highest BCUT2D eigenvalue weighted by atomic mass is 79.9. The zero-order valence-electron chi connectivity index (χ0n) is 12.2. The van der Waals surface area contributed by atoms with E-state index in [1.807, 2.05) is 30.1 Å². The quantitative estimate of drug-likeness (QED) is 0.844. The van der Waals surface area contributed by atoms with Crippen LogP contribution in [0.3, 0.4) is 0 Å². The van der Waals surface area contributed by atoms with Gasteiger partial charge in [0.1, 0.15) is 5.75 Å². The Morgan fingerprint density at radius 2 is 2.30 bits per heavy atom. The number of likely N-dealkylation sites (tertiary alicyclic amines) is 1. The summed E-state index contributed by atoms with van der Waals surface area (Å²) in [7, 11) is 5.62. The first-order chi connectivity index (χ1) is 9.51. The molecule has 0 N–H and O–H groups in total. The Morgan fingerprint density at radius 3 is 2.85 bits per heavy atom. The summed E-state index contributed by atoms with van der Waals surface area (Å²) in [5.41, 5.74) is 0.687. The van der Waals surface area contributed by atoms with Crippen LogP contribution in [0.2, 0.25) is 0 Å². The van der Waals surface area contributed by atoms with Crippen molar-refractivity contribution in [2.24, 2.45) is 5.92 Å². The third-order valence-corrected chi connectivity index (χ3v) is 4.39. The lowest BCUT2D eigenvalue weighted by molar-refractivity contribution is 0.0774. The number of hydrogen-bond acceptors (Lipinski definition) is 3. The second-order valence-corrected chi connectivity index (χ2v) is 6.31. The number of carbonyl (C=O) groups excluding carboxylic acids is 1. The van der Waals surface area contributed by atoms with Crippen molar-refractivity contribution in [3.05, 3.63) is 28.2 Å². The van der Waals surface area contributed by atoms with Crippen LogP contribution in [0.25, 0.3) is 0 Å². The fourth-order valence-corrected chi connectivity index (χ4v) is 3.21. The standard InChI is InChI=1S/C15H21BrN2O2/c1-17-7-6-11(9-17)10-18(2)15(19)12-4-5-14(20-3)13(16)8-12/h4-5,8,11H,6-7,9-10H2,1-3H3. The molecule has 1 heterocycles. The molecule has 1 aromatic rings. The van der Waals surface area contributed by atoms with Gasteiger partial charge in [-0.2, -0.15) is 0 Å². The molecule has 20 heavy (non-hydrogen) atoms. The summed E-state index contributed by atoms with van der Waals surface area (Å²) in [4.78, 5) is 16.5. The lowest BCUT2D eigenvalue weighted by Crippen LogP contribution is -2.32. The third kappa shape index (κ3) is 3.52. The first-order valence-corrected chi connectivity index (χ1v) is 7.58. The highest BCUT2D eigenvalue weighted by Crippen LogP contribution is 2.26. The first-order valence-electron chi connectivity index (χ1n) is 6.78. The van der Waals surface area contributed by atoms with Crippen molar-refractivity contribution >= 4 is 21.8 Å². The average molecular weight is 341 g/mol. The van der Waals surface area contributed by atoms with Gasteiger partial charge < -0.3 is 14.5 Å². The van der Waals surface area contributed by atoms with Crippen molar-refractivity contribution < 1.29 is 9.53 Å². The Kier molecular flexibility index (Phi) is 5.05. The number of amides is 1. The van der Waals surface area contributed by atoms with Crippen LogP contribution in [-0.2, 0) is 0 Å². The summed E-state index contributed by atoms with van der Waals surface area (Å²) >= 11 is 3.42. The molecule has 0 bridgehead atoms. The van der Waals surface area contributed by atoms with Gasteiger partial charge in [-0.15, -0.1) is 0 Å². The summed E-state index contributed by atoms with van der Waals surface area (Å²) in [5, 5.41) is 0. The number of nitrogens with zero attached hydrogens (tertiary/aromatic N) is 2. The lowest BCUT2D eigenvalue weighted by Gasteiger charge is -2.21. The first kappa shape index (κ1) is 15.3. The predicted octanol–water partition coefficient (Wildman–Crippen LogP) is 2.48. The number of carbonyl (C=O) groups is 1. The van der Waals surface area contributed by atoms with Crippen LogP contribution in [-0.4, -0.2) is 56.5 Å². The van der Waals surface area contributed by atoms with Crippen LogP contribution < -0.4 is 4.74 Å². The fourth-order valence-electron chi connectivity index (χ4n) is 2.67. The molecule has 1 saturated heterocycles. The van der Waals surface area contributed by atoms with E-state index in [-0.39, 0.29) is 5.91 Å². The maximum absolute atomic E-state index is 12.4. The molecular weight excluding hydrogens is 320 g/mol. The zero-order chi connectivity index (χ0) is 14.7. The van der Waals surface area contributed by atoms with E-state index in [0.29, 0.717) is 11.5 Å². The molecule has 110 valence electrons. The molecule has 0 spiro atoms. The number of methoxy groups -OCH3 is 1. The van der Waals surface area contributed by atoms with E-state index >= 15 is 0 Å². The Hall–Kier alpha value is -1.07. The van der Waals surface area contributed by atoms with E-state index in [0.717, 1.165) is 29.9 Å². The van der Waals surface area contributed by atoms with Crippen LogP contribution >= 0.6 is 15.9 Å². The molecule has 0 saturated carbocycles. The van der Waals surface area contributed by atoms with Crippen molar-refractivity contribution in [1.82, 2.24) is 9.80 Å². The molecule has 0 radical (unpaired) electrons. The SMILES string of the molecule is COc1ccc(C(=O)N(C)CC2CCN(C)C2)cc1Br. The second kappa shape index (κ2) is 6.59. The van der Waals surface area contributed by atoms with Gasteiger partial charge in [-0.1, -0.05) is 0 Å². The van der Waals surface area contributed by atoms with Gasteiger partial charge in [-0.3, -0.25) is 4.79 Å². The number of halogens is 1. The van der Waals surface area contributed by atoms with Crippen LogP contribution in [0.15, 0.2) is 22.7 Å². The minimum Gasteiger partial charge on any atom is -0.496 e. The molecule has 0 aromatic heterocycles. The maximum atomic E-state index is 12.4. The summed E-state index contributed by atoms with van der Waals surface area (Å²) in [6.07, 6.45) is 1.17. The van der Waals surface area contributed by atoms with Gasteiger partial charge in [0.2, 0.25) is 0 Å². The van der Waals surface area contributed by atoms with Gasteiger partial charge in [0.05, 0.1) is 11.6 Å². The van der Waals surface area contributed by atoms with Crippen molar-refractivity contribution in [2.75, 3.05) is 40.8 Å². The third-order valence-electron chi connectivity index (χ3n) is 3.77. The fraction of sp³-hybridized carbons (Fsp3) is 0.533. The topological polar surface area (TPSA) is 32.8 Å². The summed E-state index contributed by atoms with van der Waals surface area (Å²) < 4.78 is 5.99.